The summed E-state index contributed by atoms with van der Waals surface area (Å²) in [6, 6.07) is 4.41. The van der Waals surface area contributed by atoms with Gasteiger partial charge in [0.1, 0.15) is 0 Å². The minimum atomic E-state index is -2.94. The maximum absolute atomic E-state index is 12.4. The molecule has 1 aromatic rings. The maximum Gasteiger partial charge on any atom is 0.387 e. The largest absolute Gasteiger partial charge is 0.490 e. The van der Waals surface area contributed by atoms with E-state index < -0.39 is 12.5 Å². The molecule has 9 heteroatoms. The monoisotopic (exact) mass is 401 g/mol. The van der Waals surface area contributed by atoms with Crippen molar-refractivity contribution in [1.29, 1.82) is 0 Å². The highest BCUT2D eigenvalue weighted by molar-refractivity contribution is 7.80. The first-order chi connectivity index (χ1) is 12.8. The van der Waals surface area contributed by atoms with Crippen molar-refractivity contribution in [3.63, 3.8) is 0 Å². The summed E-state index contributed by atoms with van der Waals surface area (Å²) >= 11 is 5.04. The highest BCUT2D eigenvalue weighted by Crippen LogP contribution is 2.30. The van der Waals surface area contributed by atoms with Gasteiger partial charge in [0.15, 0.2) is 16.6 Å². The number of rotatable bonds is 9. The van der Waals surface area contributed by atoms with Crippen LogP contribution in [0.3, 0.4) is 0 Å². The second-order valence-electron chi connectivity index (χ2n) is 5.90. The predicted octanol–water partition coefficient (Wildman–Crippen LogP) is 3.24. The van der Waals surface area contributed by atoms with Crippen LogP contribution in [-0.4, -0.2) is 30.8 Å². The number of alkyl halides is 2. The Kier molecular flexibility index (Phi) is 10.1. The van der Waals surface area contributed by atoms with Crippen LogP contribution in [0.1, 0.15) is 32.8 Å². The van der Waals surface area contributed by atoms with E-state index in [9.17, 15) is 13.6 Å². The number of hydrazine groups is 1. The first kappa shape index (κ1) is 22.6. The van der Waals surface area contributed by atoms with E-state index in [1.54, 1.807) is 6.92 Å². The molecule has 0 radical (unpaired) electrons. The van der Waals surface area contributed by atoms with Gasteiger partial charge in [0.05, 0.1) is 6.61 Å². The first-order valence-corrected chi connectivity index (χ1v) is 8.96. The van der Waals surface area contributed by atoms with E-state index in [2.05, 4.69) is 34.8 Å². The molecule has 0 aliphatic heterocycles. The predicted molar refractivity (Wildman–Crippen MR) is 105 cm³/mol. The van der Waals surface area contributed by atoms with Gasteiger partial charge < -0.3 is 14.8 Å². The van der Waals surface area contributed by atoms with E-state index in [0.29, 0.717) is 29.7 Å². The number of carbonyl (C=O) groups excluding carboxylic acids is 1. The normalized spacial score (nSPS) is 10.9. The Labute approximate surface area is 163 Å². The van der Waals surface area contributed by atoms with Gasteiger partial charge in [0.25, 0.3) is 5.91 Å². The number of nitrogens with one attached hydrogen (secondary N) is 3. The topological polar surface area (TPSA) is 71.6 Å². The van der Waals surface area contributed by atoms with Crippen molar-refractivity contribution >= 4 is 29.3 Å². The summed E-state index contributed by atoms with van der Waals surface area (Å²) in [4.78, 5) is 11.8. The summed E-state index contributed by atoms with van der Waals surface area (Å²) in [6.45, 7) is 3.99. The molecular weight excluding hydrogens is 376 g/mol. The van der Waals surface area contributed by atoms with Crippen LogP contribution in [0.2, 0.25) is 0 Å². The second kappa shape index (κ2) is 12.1. The first-order valence-electron chi connectivity index (χ1n) is 8.55. The molecule has 3 N–H and O–H groups in total. The Bertz CT molecular complexity index is 655. The molecule has 6 nitrogen and oxygen atoms in total. The molecule has 0 aliphatic rings. The summed E-state index contributed by atoms with van der Waals surface area (Å²) in [5, 5.41) is 3.30. The molecule has 1 rings (SSSR count). The molecule has 0 atom stereocenters. The number of benzene rings is 1. The number of ether oxygens (including phenoxy) is 2. The third-order valence-electron chi connectivity index (χ3n) is 3.22. The molecule has 0 aromatic heterocycles. The van der Waals surface area contributed by atoms with Crippen LogP contribution in [0, 0.1) is 5.92 Å². The molecule has 1 aromatic carbocycles. The summed E-state index contributed by atoms with van der Waals surface area (Å²) in [5.41, 5.74) is 5.62. The zero-order valence-electron chi connectivity index (χ0n) is 15.6. The van der Waals surface area contributed by atoms with Gasteiger partial charge in [-0.2, -0.15) is 8.78 Å². The fourth-order valence-corrected chi connectivity index (χ4v) is 2.09. The van der Waals surface area contributed by atoms with Gasteiger partial charge in [-0.15, -0.1) is 0 Å². The molecule has 0 fully saturated rings. The zero-order valence-corrected chi connectivity index (χ0v) is 16.4. The molecule has 0 unspecified atom stereocenters. The Morgan fingerprint density at radius 3 is 2.63 bits per heavy atom. The van der Waals surface area contributed by atoms with Crippen LogP contribution in [0.4, 0.5) is 8.78 Å². The SMILES string of the molecule is CCOc1cc(/C=C/C(=O)NNC(=S)NCCC(C)C)ccc1OC(F)F. The van der Waals surface area contributed by atoms with Crippen molar-refractivity contribution in [2.24, 2.45) is 5.92 Å². The van der Waals surface area contributed by atoms with Crippen molar-refractivity contribution in [3.8, 4) is 11.5 Å². The van der Waals surface area contributed by atoms with Crippen molar-refractivity contribution in [2.75, 3.05) is 13.2 Å². The quantitative estimate of drug-likeness (QED) is 0.335. The summed E-state index contributed by atoms with van der Waals surface area (Å²) in [5.74, 6) is 0.243. The van der Waals surface area contributed by atoms with Gasteiger partial charge in [-0.05, 0) is 55.3 Å². The van der Waals surface area contributed by atoms with Gasteiger partial charge in [0.2, 0.25) is 0 Å². The summed E-state index contributed by atoms with van der Waals surface area (Å²) in [6.07, 6.45) is 3.76. The lowest BCUT2D eigenvalue weighted by molar-refractivity contribution is -0.117. The Balaban J connectivity index is 2.56. The molecule has 0 bridgehead atoms. The Morgan fingerprint density at radius 2 is 2.00 bits per heavy atom. The van der Waals surface area contributed by atoms with E-state index in [-0.39, 0.29) is 11.5 Å². The smallest absolute Gasteiger partial charge is 0.387 e. The fourth-order valence-electron chi connectivity index (χ4n) is 1.94. The van der Waals surface area contributed by atoms with E-state index in [0.717, 1.165) is 6.42 Å². The summed E-state index contributed by atoms with van der Waals surface area (Å²) < 4.78 is 34.5. The zero-order chi connectivity index (χ0) is 20.2. The average molecular weight is 401 g/mol. The minimum Gasteiger partial charge on any atom is -0.490 e. The Hall–Kier alpha value is -2.42. The van der Waals surface area contributed by atoms with Gasteiger partial charge in [-0.1, -0.05) is 19.9 Å². The molecule has 0 spiro atoms. The van der Waals surface area contributed by atoms with Crippen molar-refractivity contribution in [3.05, 3.63) is 29.8 Å². The molecule has 27 heavy (non-hydrogen) atoms. The Morgan fingerprint density at radius 1 is 1.26 bits per heavy atom. The van der Waals surface area contributed by atoms with E-state index in [1.165, 1.54) is 30.4 Å². The average Bonchev–Trinajstić information content (AvgIpc) is 2.59. The third-order valence-corrected chi connectivity index (χ3v) is 3.46. The van der Waals surface area contributed by atoms with Crippen LogP contribution < -0.4 is 25.6 Å². The molecule has 0 aliphatic carbocycles. The molecule has 0 saturated heterocycles. The minimum absolute atomic E-state index is 0.0621. The summed E-state index contributed by atoms with van der Waals surface area (Å²) in [7, 11) is 0. The van der Waals surface area contributed by atoms with Crippen LogP contribution >= 0.6 is 12.2 Å². The lowest BCUT2D eigenvalue weighted by Gasteiger charge is -2.12. The van der Waals surface area contributed by atoms with Gasteiger partial charge >= 0.3 is 6.61 Å². The number of thiocarbonyl (C=S) groups is 1. The van der Waals surface area contributed by atoms with E-state index >= 15 is 0 Å². The van der Waals surface area contributed by atoms with Crippen molar-refractivity contribution in [1.82, 2.24) is 16.2 Å². The van der Waals surface area contributed by atoms with Gasteiger partial charge in [0, 0.05) is 12.6 Å². The molecular formula is C18H25F2N3O3S. The van der Waals surface area contributed by atoms with E-state index in [4.69, 9.17) is 17.0 Å². The van der Waals surface area contributed by atoms with E-state index in [1.807, 2.05) is 0 Å². The fraction of sp³-hybridized carbons (Fsp3) is 0.444. The second-order valence-corrected chi connectivity index (χ2v) is 6.31. The number of hydrogen-bond donors (Lipinski definition) is 3. The number of halogens is 2. The van der Waals surface area contributed by atoms with Gasteiger partial charge in [-0.25, -0.2) is 0 Å². The highest BCUT2D eigenvalue weighted by atomic mass is 32.1. The van der Waals surface area contributed by atoms with Crippen LogP contribution in [0.25, 0.3) is 6.08 Å². The molecule has 0 saturated carbocycles. The van der Waals surface area contributed by atoms with Gasteiger partial charge in [-0.3, -0.25) is 15.6 Å². The molecule has 150 valence electrons. The van der Waals surface area contributed by atoms with Crippen LogP contribution in [0.5, 0.6) is 11.5 Å². The van der Waals surface area contributed by atoms with Crippen LogP contribution in [-0.2, 0) is 4.79 Å². The third kappa shape index (κ3) is 9.74. The lowest BCUT2D eigenvalue weighted by Crippen LogP contribution is -2.46. The molecule has 1 amide bonds. The van der Waals surface area contributed by atoms with Crippen molar-refractivity contribution in [2.45, 2.75) is 33.8 Å². The molecule has 0 heterocycles. The number of carbonyl (C=O) groups is 1. The standard InChI is InChI=1S/C18H25F2N3O3S/c1-4-25-15-11-13(5-7-14(15)26-17(19)20)6-8-16(24)22-23-18(27)21-10-9-12(2)3/h5-8,11-12,17H,4,9-10H2,1-3H3,(H,22,24)(H2,21,23,27)/b8-6+. The number of amides is 1. The van der Waals surface area contributed by atoms with Crippen LogP contribution in [0.15, 0.2) is 24.3 Å². The maximum atomic E-state index is 12.4. The highest BCUT2D eigenvalue weighted by Gasteiger charge is 2.11. The van der Waals surface area contributed by atoms with Crippen molar-refractivity contribution < 1.29 is 23.0 Å². The number of hydrogen-bond acceptors (Lipinski definition) is 4. The lowest BCUT2D eigenvalue weighted by atomic mass is 10.1.